The molecule has 180 valence electrons. The number of ether oxygens (including phenoxy) is 3. The second kappa shape index (κ2) is 9.33. The van der Waals surface area contributed by atoms with E-state index in [0.717, 1.165) is 22.3 Å². The van der Waals surface area contributed by atoms with E-state index in [2.05, 4.69) is 5.32 Å². The van der Waals surface area contributed by atoms with Gasteiger partial charge >= 0.3 is 0 Å². The summed E-state index contributed by atoms with van der Waals surface area (Å²) in [6.07, 6.45) is 0.676. The van der Waals surface area contributed by atoms with E-state index in [4.69, 9.17) is 14.2 Å². The fourth-order valence-electron chi connectivity index (χ4n) is 5.28. The first-order valence-electron chi connectivity index (χ1n) is 11.6. The topological polar surface area (TPSA) is 77.1 Å². The van der Waals surface area contributed by atoms with E-state index in [1.54, 1.807) is 27.4 Å². The molecule has 1 N–H and O–H groups in total. The van der Waals surface area contributed by atoms with Crippen LogP contribution in [-0.2, 0) is 17.8 Å². The molecule has 2 heterocycles. The van der Waals surface area contributed by atoms with Crippen LogP contribution in [0.15, 0.2) is 60.7 Å². The van der Waals surface area contributed by atoms with Gasteiger partial charge in [0.25, 0.3) is 5.91 Å². The number of amides is 2. The highest BCUT2D eigenvalue weighted by Gasteiger charge is 2.46. The second-order valence-electron chi connectivity index (χ2n) is 8.69. The molecular weight excluding hydrogens is 444 g/mol. The zero-order chi connectivity index (χ0) is 24.5. The average molecular weight is 473 g/mol. The van der Waals surface area contributed by atoms with Crippen molar-refractivity contribution in [3.05, 3.63) is 88.5 Å². The van der Waals surface area contributed by atoms with Gasteiger partial charge in [-0.3, -0.25) is 9.59 Å². The highest BCUT2D eigenvalue weighted by Crippen LogP contribution is 2.48. The number of benzene rings is 3. The standard InChI is InChI=1S/C28H28N2O5/c1-33-22-11-7-4-8-18(22)16-29-27(31)25-19-9-5-6-10-20(19)28(32)30-13-12-17-14-23(34-2)24(35-3)15-21(17)26(25)30/h4-11,14-15,25-26H,12-13,16H2,1-3H3,(H,29,31)/t25-,26-/m1/s1. The summed E-state index contributed by atoms with van der Waals surface area (Å²) < 4.78 is 16.5. The maximum atomic E-state index is 13.8. The summed E-state index contributed by atoms with van der Waals surface area (Å²) in [5, 5.41) is 3.10. The fraction of sp³-hybridized carbons (Fsp3) is 0.286. The molecule has 0 saturated carbocycles. The number of hydrogen-bond acceptors (Lipinski definition) is 5. The predicted molar refractivity (Wildman–Crippen MR) is 131 cm³/mol. The maximum Gasteiger partial charge on any atom is 0.254 e. The zero-order valence-corrected chi connectivity index (χ0v) is 20.0. The van der Waals surface area contributed by atoms with Gasteiger partial charge in [0.15, 0.2) is 11.5 Å². The molecular formula is C28H28N2O5. The van der Waals surface area contributed by atoms with Gasteiger partial charge in [-0.05, 0) is 47.4 Å². The summed E-state index contributed by atoms with van der Waals surface area (Å²) in [7, 11) is 4.81. The molecule has 0 bridgehead atoms. The van der Waals surface area contributed by atoms with Crippen LogP contribution < -0.4 is 19.5 Å². The van der Waals surface area contributed by atoms with Gasteiger partial charge in [0, 0.05) is 24.2 Å². The lowest BCUT2D eigenvalue weighted by molar-refractivity contribution is -0.124. The number of para-hydroxylation sites is 1. The molecule has 3 aromatic rings. The van der Waals surface area contributed by atoms with E-state index in [1.807, 2.05) is 59.5 Å². The molecule has 0 saturated heterocycles. The number of nitrogens with zero attached hydrogens (tertiary/aromatic N) is 1. The molecule has 35 heavy (non-hydrogen) atoms. The summed E-state index contributed by atoms with van der Waals surface area (Å²) in [6, 6.07) is 18.4. The molecule has 3 aromatic carbocycles. The molecule has 7 nitrogen and oxygen atoms in total. The Morgan fingerprint density at radius 2 is 1.60 bits per heavy atom. The van der Waals surface area contributed by atoms with Gasteiger partial charge in [-0.2, -0.15) is 0 Å². The number of hydrogen-bond donors (Lipinski definition) is 1. The number of carbonyl (C=O) groups is 2. The van der Waals surface area contributed by atoms with Crippen LogP contribution >= 0.6 is 0 Å². The highest BCUT2D eigenvalue weighted by atomic mass is 16.5. The summed E-state index contributed by atoms with van der Waals surface area (Å²) >= 11 is 0. The lowest BCUT2D eigenvalue weighted by Crippen LogP contribution is -2.50. The van der Waals surface area contributed by atoms with E-state index in [-0.39, 0.29) is 11.8 Å². The first-order chi connectivity index (χ1) is 17.1. The maximum absolute atomic E-state index is 13.8. The molecule has 0 unspecified atom stereocenters. The predicted octanol–water partition coefficient (Wildman–Crippen LogP) is 3.87. The number of carbonyl (C=O) groups excluding carboxylic acids is 2. The third kappa shape index (κ3) is 3.87. The minimum absolute atomic E-state index is 0.0557. The Hall–Kier alpha value is -4.00. The third-order valence-electron chi connectivity index (χ3n) is 6.95. The number of rotatable bonds is 6. The van der Waals surface area contributed by atoms with Crippen molar-refractivity contribution in [3.63, 3.8) is 0 Å². The molecule has 7 heteroatoms. The first kappa shape index (κ1) is 22.8. The SMILES string of the molecule is COc1ccccc1CNC(=O)[C@@H]1c2ccccc2C(=O)N2CCc3cc(OC)c(OC)cc3[C@H]12. The van der Waals surface area contributed by atoms with Gasteiger partial charge in [-0.25, -0.2) is 0 Å². The van der Waals surface area contributed by atoms with Gasteiger partial charge < -0.3 is 24.4 Å². The molecule has 2 atom stereocenters. The third-order valence-corrected chi connectivity index (χ3v) is 6.95. The van der Waals surface area contributed by atoms with Crippen molar-refractivity contribution >= 4 is 11.8 Å². The van der Waals surface area contributed by atoms with Crippen LogP contribution in [-0.4, -0.2) is 44.6 Å². The quantitative estimate of drug-likeness (QED) is 0.590. The molecule has 0 radical (unpaired) electrons. The van der Waals surface area contributed by atoms with E-state index >= 15 is 0 Å². The summed E-state index contributed by atoms with van der Waals surface area (Å²) in [5.74, 6) is 1.16. The lowest BCUT2D eigenvalue weighted by Gasteiger charge is -2.45. The number of fused-ring (bicyclic) bond motifs is 4. The van der Waals surface area contributed by atoms with Crippen molar-refractivity contribution in [3.8, 4) is 17.2 Å². The molecule has 0 aromatic heterocycles. The molecule has 0 spiro atoms. The smallest absolute Gasteiger partial charge is 0.254 e. The largest absolute Gasteiger partial charge is 0.496 e. The van der Waals surface area contributed by atoms with Crippen molar-refractivity contribution in [1.82, 2.24) is 10.2 Å². The van der Waals surface area contributed by atoms with Crippen molar-refractivity contribution in [1.29, 1.82) is 0 Å². The molecule has 5 rings (SSSR count). The monoisotopic (exact) mass is 472 g/mol. The summed E-state index contributed by atoms with van der Waals surface area (Å²) in [5.41, 5.74) is 4.16. The van der Waals surface area contributed by atoms with Crippen molar-refractivity contribution < 1.29 is 23.8 Å². The number of nitrogens with one attached hydrogen (secondary N) is 1. The van der Waals surface area contributed by atoms with Crippen molar-refractivity contribution in [2.75, 3.05) is 27.9 Å². The van der Waals surface area contributed by atoms with Gasteiger partial charge in [0.1, 0.15) is 5.75 Å². The van der Waals surface area contributed by atoms with Crippen molar-refractivity contribution in [2.24, 2.45) is 0 Å². The van der Waals surface area contributed by atoms with Crippen LogP contribution in [0.2, 0.25) is 0 Å². The molecule has 2 aliphatic heterocycles. The molecule has 0 aliphatic carbocycles. The highest BCUT2D eigenvalue weighted by molar-refractivity contribution is 6.01. The van der Waals surface area contributed by atoms with Crippen LogP contribution in [0.5, 0.6) is 17.2 Å². The van der Waals surface area contributed by atoms with Crippen LogP contribution in [0.25, 0.3) is 0 Å². The lowest BCUT2D eigenvalue weighted by atomic mass is 9.75. The number of methoxy groups -OCH3 is 3. The van der Waals surface area contributed by atoms with Gasteiger partial charge in [0.05, 0.1) is 33.3 Å². The Bertz CT molecular complexity index is 1290. The second-order valence-corrected chi connectivity index (χ2v) is 8.69. The average Bonchev–Trinajstić information content (AvgIpc) is 2.91. The fourth-order valence-corrected chi connectivity index (χ4v) is 5.28. The minimum Gasteiger partial charge on any atom is -0.496 e. The van der Waals surface area contributed by atoms with Gasteiger partial charge in [0.2, 0.25) is 5.91 Å². The Balaban J connectivity index is 1.58. The van der Waals surface area contributed by atoms with E-state index < -0.39 is 12.0 Å². The molecule has 0 fully saturated rings. The Morgan fingerprint density at radius 3 is 2.37 bits per heavy atom. The summed E-state index contributed by atoms with van der Waals surface area (Å²) in [6.45, 7) is 0.845. The zero-order valence-electron chi connectivity index (χ0n) is 20.0. The van der Waals surface area contributed by atoms with Crippen LogP contribution in [0.3, 0.4) is 0 Å². The van der Waals surface area contributed by atoms with Gasteiger partial charge in [-0.1, -0.05) is 36.4 Å². The molecule has 2 amide bonds. The minimum atomic E-state index is -0.573. The summed E-state index contributed by atoms with van der Waals surface area (Å²) in [4.78, 5) is 29.2. The Labute approximate surface area is 204 Å². The van der Waals surface area contributed by atoms with E-state index in [9.17, 15) is 9.59 Å². The van der Waals surface area contributed by atoms with E-state index in [0.29, 0.717) is 42.3 Å². The van der Waals surface area contributed by atoms with Crippen LogP contribution in [0.4, 0.5) is 0 Å². The van der Waals surface area contributed by atoms with Crippen LogP contribution in [0.1, 0.15) is 44.6 Å². The van der Waals surface area contributed by atoms with E-state index in [1.165, 1.54) is 0 Å². The van der Waals surface area contributed by atoms with Crippen molar-refractivity contribution in [2.45, 2.75) is 24.9 Å². The Morgan fingerprint density at radius 1 is 0.914 bits per heavy atom. The first-order valence-corrected chi connectivity index (χ1v) is 11.6. The Kier molecular flexibility index (Phi) is 6.07. The van der Waals surface area contributed by atoms with Crippen LogP contribution in [0, 0.1) is 0 Å². The van der Waals surface area contributed by atoms with Gasteiger partial charge in [-0.15, -0.1) is 0 Å². The molecule has 2 aliphatic rings. The normalized spacial score (nSPS) is 18.1.